The summed E-state index contributed by atoms with van der Waals surface area (Å²) in [5, 5.41) is 0. The Balaban J connectivity index is 1.66. The summed E-state index contributed by atoms with van der Waals surface area (Å²) in [6.45, 7) is 0.597. The van der Waals surface area contributed by atoms with Crippen molar-refractivity contribution in [2.45, 2.75) is 12.8 Å². The van der Waals surface area contributed by atoms with Crippen LogP contribution in [0.15, 0.2) is 54.6 Å². The number of halogens is 1. The molecule has 0 fully saturated rings. The highest BCUT2D eigenvalue weighted by atomic mass is 32.1. The number of methoxy groups -OCH3 is 1. The predicted octanol–water partition coefficient (Wildman–Crippen LogP) is 4.93. The number of anilines is 1. The molecule has 3 aromatic rings. The van der Waals surface area contributed by atoms with Gasteiger partial charge in [-0.1, -0.05) is 18.2 Å². The third-order valence-corrected chi connectivity index (χ3v) is 5.97. The van der Waals surface area contributed by atoms with E-state index in [1.54, 1.807) is 35.2 Å². The van der Waals surface area contributed by atoms with Crippen LogP contribution in [0.5, 0.6) is 0 Å². The molecule has 0 aliphatic carbocycles. The highest BCUT2D eigenvalue weighted by Crippen LogP contribution is 2.34. The first-order valence-electron chi connectivity index (χ1n) is 8.96. The van der Waals surface area contributed by atoms with Gasteiger partial charge < -0.3 is 9.64 Å². The minimum Gasteiger partial charge on any atom is -0.465 e. The molecular weight excluding hydrogens is 377 g/mol. The van der Waals surface area contributed by atoms with E-state index in [4.69, 9.17) is 4.74 Å². The van der Waals surface area contributed by atoms with Crippen LogP contribution < -0.4 is 4.90 Å². The van der Waals surface area contributed by atoms with Crippen LogP contribution in [-0.2, 0) is 11.2 Å². The summed E-state index contributed by atoms with van der Waals surface area (Å²) in [4.78, 5) is 28.5. The van der Waals surface area contributed by atoms with Gasteiger partial charge in [0, 0.05) is 17.1 Å². The topological polar surface area (TPSA) is 46.6 Å². The molecule has 0 spiro atoms. The fourth-order valence-corrected chi connectivity index (χ4v) is 4.45. The van der Waals surface area contributed by atoms with Gasteiger partial charge in [0.1, 0.15) is 5.82 Å². The number of rotatable bonds is 3. The summed E-state index contributed by atoms with van der Waals surface area (Å²) in [7, 11) is 1.36. The number of carbonyl (C=O) groups is 2. The average molecular weight is 395 g/mol. The first-order valence-corrected chi connectivity index (χ1v) is 9.78. The largest absolute Gasteiger partial charge is 0.465 e. The van der Waals surface area contributed by atoms with Crippen molar-refractivity contribution < 1.29 is 18.7 Å². The monoisotopic (exact) mass is 395 g/mol. The molecule has 1 aliphatic rings. The minimum absolute atomic E-state index is 0.0960. The molecule has 1 aliphatic heterocycles. The lowest BCUT2D eigenvalue weighted by Gasteiger charge is -2.30. The molecule has 0 unspecified atom stereocenters. The maximum Gasteiger partial charge on any atom is 0.338 e. The van der Waals surface area contributed by atoms with E-state index >= 15 is 0 Å². The van der Waals surface area contributed by atoms with Crippen LogP contribution in [0.4, 0.5) is 10.1 Å². The Hall–Kier alpha value is -2.99. The first-order chi connectivity index (χ1) is 13.6. The van der Waals surface area contributed by atoms with Gasteiger partial charge in [0.25, 0.3) is 5.91 Å². The Kier molecular flexibility index (Phi) is 4.96. The van der Waals surface area contributed by atoms with Crippen LogP contribution >= 0.6 is 11.3 Å². The molecule has 2 aromatic carbocycles. The number of ether oxygens (including phenoxy) is 1. The van der Waals surface area contributed by atoms with Crippen molar-refractivity contribution >= 4 is 28.9 Å². The maximum atomic E-state index is 13.2. The second kappa shape index (κ2) is 7.56. The molecule has 2 heterocycles. The molecule has 4 rings (SSSR count). The molecule has 1 aromatic heterocycles. The van der Waals surface area contributed by atoms with E-state index in [1.165, 1.54) is 30.6 Å². The van der Waals surface area contributed by atoms with Gasteiger partial charge in [-0.25, -0.2) is 9.18 Å². The third kappa shape index (κ3) is 3.31. The lowest BCUT2D eigenvalue weighted by Crippen LogP contribution is -2.35. The molecule has 1 amide bonds. The van der Waals surface area contributed by atoms with E-state index in [2.05, 4.69) is 0 Å². The van der Waals surface area contributed by atoms with Crippen LogP contribution in [0.25, 0.3) is 10.4 Å². The highest BCUT2D eigenvalue weighted by molar-refractivity contribution is 7.17. The molecule has 0 atom stereocenters. The number of amides is 1. The number of hydrogen-bond donors (Lipinski definition) is 0. The SMILES string of the molecule is COC(=O)c1cccc2c1CCCN2C(=O)c1ccc(-c2ccc(F)cc2)s1. The summed E-state index contributed by atoms with van der Waals surface area (Å²) in [6.07, 6.45) is 1.51. The molecule has 0 saturated heterocycles. The minimum atomic E-state index is -0.388. The summed E-state index contributed by atoms with van der Waals surface area (Å²) in [5.74, 6) is -0.773. The van der Waals surface area contributed by atoms with E-state index in [-0.39, 0.29) is 17.7 Å². The average Bonchev–Trinajstić information content (AvgIpc) is 3.22. The molecule has 4 nitrogen and oxygen atoms in total. The van der Waals surface area contributed by atoms with Gasteiger partial charge >= 0.3 is 5.97 Å². The van der Waals surface area contributed by atoms with Crippen molar-refractivity contribution in [3.8, 4) is 10.4 Å². The lowest BCUT2D eigenvalue weighted by atomic mass is 9.96. The van der Waals surface area contributed by atoms with Crippen LogP contribution in [-0.4, -0.2) is 25.5 Å². The van der Waals surface area contributed by atoms with Crippen molar-refractivity contribution in [2.75, 3.05) is 18.6 Å². The van der Waals surface area contributed by atoms with E-state index < -0.39 is 0 Å². The van der Waals surface area contributed by atoms with Crippen LogP contribution in [0.2, 0.25) is 0 Å². The molecule has 142 valence electrons. The van der Waals surface area contributed by atoms with Gasteiger partial charge in [0.2, 0.25) is 0 Å². The van der Waals surface area contributed by atoms with E-state index in [0.717, 1.165) is 34.5 Å². The smallest absolute Gasteiger partial charge is 0.338 e. The molecular formula is C22H18FNO3S. The first kappa shape index (κ1) is 18.4. The van der Waals surface area contributed by atoms with Crippen molar-refractivity contribution in [3.05, 3.63) is 76.4 Å². The van der Waals surface area contributed by atoms with Crippen molar-refractivity contribution in [3.63, 3.8) is 0 Å². The molecule has 28 heavy (non-hydrogen) atoms. The zero-order valence-electron chi connectivity index (χ0n) is 15.3. The van der Waals surface area contributed by atoms with Gasteiger partial charge in [-0.15, -0.1) is 11.3 Å². The van der Waals surface area contributed by atoms with E-state index in [0.29, 0.717) is 17.0 Å². The van der Waals surface area contributed by atoms with Crippen molar-refractivity contribution in [2.24, 2.45) is 0 Å². The van der Waals surface area contributed by atoms with Crippen molar-refractivity contribution in [1.82, 2.24) is 0 Å². The normalized spacial score (nSPS) is 13.1. The third-order valence-electron chi connectivity index (χ3n) is 4.85. The Morgan fingerprint density at radius 1 is 1.07 bits per heavy atom. The Bertz CT molecular complexity index is 1040. The number of fused-ring (bicyclic) bond motifs is 1. The number of benzene rings is 2. The number of thiophene rings is 1. The second-order valence-corrected chi connectivity index (χ2v) is 7.61. The van der Waals surface area contributed by atoms with Gasteiger partial charge in [0.15, 0.2) is 0 Å². The van der Waals surface area contributed by atoms with Gasteiger partial charge in [-0.2, -0.15) is 0 Å². The van der Waals surface area contributed by atoms with Gasteiger partial charge in [0.05, 0.1) is 17.6 Å². The molecule has 0 bridgehead atoms. The number of esters is 1. The predicted molar refractivity (Wildman–Crippen MR) is 107 cm³/mol. The molecule has 0 N–H and O–H groups in total. The van der Waals surface area contributed by atoms with Crippen LogP contribution in [0, 0.1) is 5.82 Å². The van der Waals surface area contributed by atoms with Crippen LogP contribution in [0.3, 0.4) is 0 Å². The summed E-state index contributed by atoms with van der Waals surface area (Å²) in [5.41, 5.74) is 2.99. The fraction of sp³-hybridized carbons (Fsp3) is 0.182. The van der Waals surface area contributed by atoms with E-state index in [9.17, 15) is 14.0 Å². The molecule has 6 heteroatoms. The summed E-state index contributed by atoms with van der Waals surface area (Å²) < 4.78 is 18.0. The quantitative estimate of drug-likeness (QED) is 0.591. The summed E-state index contributed by atoms with van der Waals surface area (Å²) >= 11 is 1.38. The van der Waals surface area contributed by atoms with E-state index in [1.807, 2.05) is 12.1 Å². The number of nitrogens with zero attached hydrogens (tertiary/aromatic N) is 1. The Morgan fingerprint density at radius 2 is 1.86 bits per heavy atom. The zero-order valence-corrected chi connectivity index (χ0v) is 16.1. The molecule has 0 saturated carbocycles. The van der Waals surface area contributed by atoms with Gasteiger partial charge in [-0.3, -0.25) is 4.79 Å². The Labute approximate surface area is 166 Å². The van der Waals surface area contributed by atoms with Crippen molar-refractivity contribution in [1.29, 1.82) is 0 Å². The maximum absolute atomic E-state index is 13.2. The summed E-state index contributed by atoms with van der Waals surface area (Å²) in [6, 6.07) is 15.3. The molecule has 0 radical (unpaired) electrons. The van der Waals surface area contributed by atoms with Crippen LogP contribution in [0.1, 0.15) is 32.0 Å². The fourth-order valence-electron chi connectivity index (χ4n) is 3.49. The lowest BCUT2D eigenvalue weighted by molar-refractivity contribution is 0.0599. The zero-order chi connectivity index (χ0) is 19.7. The number of carbonyl (C=O) groups excluding carboxylic acids is 2. The van der Waals surface area contributed by atoms with Gasteiger partial charge in [-0.05, 0) is 60.4 Å². The second-order valence-electron chi connectivity index (χ2n) is 6.53. The highest BCUT2D eigenvalue weighted by Gasteiger charge is 2.27. The number of hydrogen-bond acceptors (Lipinski definition) is 4. The standard InChI is InChI=1S/C22H18FNO3S/c1-27-22(26)17-4-2-6-18-16(17)5-3-13-24(18)21(25)20-12-11-19(28-20)14-7-9-15(23)10-8-14/h2,4,6-12H,3,5,13H2,1H3. The Morgan fingerprint density at radius 3 is 2.61 bits per heavy atom.